The molecule has 2 rings (SSSR count). The lowest BCUT2D eigenvalue weighted by atomic mass is 10.1. The van der Waals surface area contributed by atoms with Gasteiger partial charge in [0, 0.05) is 17.6 Å². The molecule has 0 saturated heterocycles. The Kier molecular flexibility index (Phi) is 4.02. The van der Waals surface area contributed by atoms with Crippen molar-refractivity contribution in [3.05, 3.63) is 29.8 Å². The number of hydrogen-bond donors (Lipinski definition) is 0. The van der Waals surface area contributed by atoms with Crippen molar-refractivity contribution in [2.45, 2.75) is 45.4 Å². The van der Waals surface area contributed by atoms with E-state index in [0.717, 1.165) is 12.8 Å². The van der Waals surface area contributed by atoms with Crippen molar-refractivity contribution >= 4 is 5.91 Å². The second-order valence-corrected chi connectivity index (χ2v) is 4.94. The minimum Gasteiger partial charge on any atom is -0.435 e. The third kappa shape index (κ3) is 3.43. The predicted octanol–water partition coefficient (Wildman–Crippen LogP) is 3.30. The molecule has 0 spiro atoms. The number of benzene rings is 1. The number of carbonyl (C=O) groups is 1. The Hall–Kier alpha value is -1.65. The molecule has 0 N–H and O–H groups in total. The third-order valence-electron chi connectivity index (χ3n) is 3.06. The van der Waals surface area contributed by atoms with Crippen molar-refractivity contribution in [3.63, 3.8) is 0 Å². The lowest BCUT2D eigenvalue weighted by Crippen LogP contribution is -2.38. The average molecular weight is 269 g/mol. The number of ether oxygens (including phenoxy) is 1. The van der Waals surface area contributed by atoms with Gasteiger partial charge in [0.1, 0.15) is 5.75 Å². The number of carbonyl (C=O) groups excluding carboxylic acids is 1. The van der Waals surface area contributed by atoms with Crippen LogP contribution in [-0.4, -0.2) is 29.5 Å². The molecule has 1 aliphatic rings. The molecule has 0 radical (unpaired) electrons. The summed E-state index contributed by atoms with van der Waals surface area (Å²) in [5, 5.41) is 0. The molecule has 3 nitrogen and oxygen atoms in total. The molecule has 1 aromatic rings. The molecule has 1 fully saturated rings. The van der Waals surface area contributed by atoms with Crippen LogP contribution >= 0.6 is 0 Å². The number of rotatable bonds is 5. The molecule has 0 aromatic heterocycles. The lowest BCUT2D eigenvalue weighted by Gasteiger charge is -2.26. The van der Waals surface area contributed by atoms with Crippen LogP contribution in [0.5, 0.6) is 5.75 Å². The van der Waals surface area contributed by atoms with E-state index in [9.17, 15) is 13.6 Å². The fourth-order valence-electron chi connectivity index (χ4n) is 2.10. The van der Waals surface area contributed by atoms with Gasteiger partial charge >= 0.3 is 6.61 Å². The number of halogens is 2. The molecule has 0 bridgehead atoms. The van der Waals surface area contributed by atoms with E-state index in [4.69, 9.17) is 0 Å². The second kappa shape index (κ2) is 5.55. The first-order chi connectivity index (χ1) is 8.99. The fraction of sp³-hybridized carbons (Fsp3) is 0.500. The monoisotopic (exact) mass is 269 g/mol. The van der Waals surface area contributed by atoms with Gasteiger partial charge in [-0.1, -0.05) is 0 Å². The van der Waals surface area contributed by atoms with Crippen LogP contribution in [0.4, 0.5) is 8.78 Å². The van der Waals surface area contributed by atoms with Gasteiger partial charge < -0.3 is 9.64 Å². The first-order valence-electron chi connectivity index (χ1n) is 6.36. The summed E-state index contributed by atoms with van der Waals surface area (Å²) in [5.41, 5.74) is 0.502. The van der Waals surface area contributed by atoms with E-state index in [-0.39, 0.29) is 17.7 Å². The molecule has 1 aliphatic carbocycles. The summed E-state index contributed by atoms with van der Waals surface area (Å²) in [7, 11) is 0. The second-order valence-electron chi connectivity index (χ2n) is 4.94. The van der Waals surface area contributed by atoms with Crippen molar-refractivity contribution < 1.29 is 18.3 Å². The Morgan fingerprint density at radius 3 is 2.26 bits per heavy atom. The van der Waals surface area contributed by atoms with Crippen molar-refractivity contribution in [2.75, 3.05) is 0 Å². The topological polar surface area (TPSA) is 29.5 Å². The quantitative estimate of drug-likeness (QED) is 0.820. The van der Waals surface area contributed by atoms with E-state index < -0.39 is 6.61 Å². The van der Waals surface area contributed by atoms with Crippen LogP contribution < -0.4 is 4.74 Å². The molecule has 1 saturated carbocycles. The van der Waals surface area contributed by atoms with Crippen molar-refractivity contribution in [2.24, 2.45) is 0 Å². The highest BCUT2D eigenvalue weighted by molar-refractivity contribution is 5.95. The number of nitrogens with zero attached hydrogens (tertiary/aromatic N) is 1. The molecule has 5 heteroatoms. The summed E-state index contributed by atoms with van der Waals surface area (Å²) < 4.78 is 28.3. The number of hydrogen-bond acceptors (Lipinski definition) is 2. The van der Waals surface area contributed by atoms with Gasteiger partial charge in [-0.15, -0.1) is 0 Å². The molecule has 0 heterocycles. The summed E-state index contributed by atoms with van der Waals surface area (Å²) >= 11 is 0. The van der Waals surface area contributed by atoms with Crippen molar-refractivity contribution in [1.29, 1.82) is 0 Å². The molecule has 104 valence electrons. The van der Waals surface area contributed by atoms with Crippen LogP contribution in [0.2, 0.25) is 0 Å². The van der Waals surface area contributed by atoms with Gasteiger partial charge in [-0.3, -0.25) is 4.79 Å². The van der Waals surface area contributed by atoms with E-state index in [2.05, 4.69) is 4.74 Å². The van der Waals surface area contributed by atoms with E-state index in [1.165, 1.54) is 24.3 Å². The van der Waals surface area contributed by atoms with Crippen LogP contribution in [0.25, 0.3) is 0 Å². The van der Waals surface area contributed by atoms with Crippen molar-refractivity contribution in [1.82, 2.24) is 4.90 Å². The van der Waals surface area contributed by atoms with Crippen molar-refractivity contribution in [3.8, 4) is 5.75 Å². The van der Waals surface area contributed by atoms with E-state index >= 15 is 0 Å². The molecule has 19 heavy (non-hydrogen) atoms. The van der Waals surface area contributed by atoms with Crippen LogP contribution in [0.3, 0.4) is 0 Å². The summed E-state index contributed by atoms with van der Waals surface area (Å²) in [4.78, 5) is 14.2. The maximum atomic E-state index is 12.3. The SMILES string of the molecule is CC(C)N(C(=O)c1ccc(OC(F)F)cc1)C1CC1. The molecule has 0 aliphatic heterocycles. The molecule has 1 aromatic carbocycles. The zero-order valence-electron chi connectivity index (χ0n) is 11.0. The highest BCUT2D eigenvalue weighted by Crippen LogP contribution is 2.30. The smallest absolute Gasteiger partial charge is 0.387 e. The Morgan fingerprint density at radius 1 is 1.26 bits per heavy atom. The Balaban J connectivity index is 2.10. The summed E-state index contributed by atoms with van der Waals surface area (Å²) in [6, 6.07) is 6.30. The normalized spacial score (nSPS) is 14.8. The summed E-state index contributed by atoms with van der Waals surface area (Å²) in [6.45, 7) is 1.11. The van der Waals surface area contributed by atoms with Gasteiger partial charge in [-0.25, -0.2) is 0 Å². The first kappa shape index (κ1) is 13.8. The van der Waals surface area contributed by atoms with Gasteiger partial charge in [0.15, 0.2) is 0 Å². The zero-order valence-corrected chi connectivity index (χ0v) is 11.0. The lowest BCUT2D eigenvalue weighted by molar-refractivity contribution is -0.0498. The minimum absolute atomic E-state index is 0.0545. The molecule has 1 amide bonds. The van der Waals surface area contributed by atoms with Crippen LogP contribution in [-0.2, 0) is 0 Å². The Bertz CT molecular complexity index is 439. The van der Waals surface area contributed by atoms with Gasteiger partial charge in [-0.05, 0) is 51.0 Å². The predicted molar refractivity (Wildman–Crippen MR) is 67.4 cm³/mol. The maximum Gasteiger partial charge on any atom is 0.387 e. The van der Waals surface area contributed by atoms with Gasteiger partial charge in [-0.2, -0.15) is 8.78 Å². The first-order valence-corrected chi connectivity index (χ1v) is 6.36. The molecular weight excluding hydrogens is 252 g/mol. The van der Waals surface area contributed by atoms with Crippen LogP contribution in [0, 0.1) is 0 Å². The standard InChI is InChI=1S/C14H17F2NO2/c1-9(2)17(11-5-6-11)13(18)10-3-7-12(8-4-10)19-14(15)16/h3-4,7-9,11,14H,5-6H2,1-2H3. The molecular formula is C14H17F2NO2. The van der Waals surface area contributed by atoms with E-state index in [1.807, 2.05) is 18.7 Å². The number of amides is 1. The largest absolute Gasteiger partial charge is 0.435 e. The zero-order chi connectivity index (χ0) is 14.0. The molecule has 0 atom stereocenters. The highest BCUT2D eigenvalue weighted by atomic mass is 19.3. The number of alkyl halides is 2. The van der Waals surface area contributed by atoms with Gasteiger partial charge in [0.05, 0.1) is 0 Å². The van der Waals surface area contributed by atoms with Gasteiger partial charge in [0.25, 0.3) is 5.91 Å². The van der Waals surface area contributed by atoms with Gasteiger partial charge in [0.2, 0.25) is 0 Å². The van der Waals surface area contributed by atoms with Crippen LogP contribution in [0.15, 0.2) is 24.3 Å². The maximum absolute atomic E-state index is 12.3. The van der Waals surface area contributed by atoms with E-state index in [0.29, 0.717) is 11.6 Å². The third-order valence-corrected chi connectivity index (χ3v) is 3.06. The molecule has 0 unspecified atom stereocenters. The summed E-state index contributed by atoms with van der Waals surface area (Å²) in [5.74, 6) is 0.00941. The fourth-order valence-corrected chi connectivity index (χ4v) is 2.10. The Labute approximate surface area is 111 Å². The van der Waals surface area contributed by atoms with E-state index in [1.54, 1.807) is 0 Å². The average Bonchev–Trinajstić information content (AvgIpc) is 3.13. The van der Waals surface area contributed by atoms with Crippen LogP contribution in [0.1, 0.15) is 37.0 Å². The highest BCUT2D eigenvalue weighted by Gasteiger charge is 2.34. The summed E-state index contributed by atoms with van der Waals surface area (Å²) in [6.07, 6.45) is 2.08. The Morgan fingerprint density at radius 2 is 1.84 bits per heavy atom. The minimum atomic E-state index is -2.85.